The molecule has 2 aliphatic heterocycles. The van der Waals surface area contributed by atoms with Crippen molar-refractivity contribution in [1.29, 1.82) is 0 Å². The largest absolute Gasteiger partial charge is 0.424 e. The Kier molecular flexibility index (Phi) is 4.67. The first kappa shape index (κ1) is 15.6. The molecule has 128 valence electrons. The maximum absolute atomic E-state index is 5.83. The summed E-state index contributed by atoms with van der Waals surface area (Å²) in [7, 11) is 0. The Morgan fingerprint density at radius 2 is 1.83 bits per heavy atom. The fraction of sp³-hybridized carbons (Fsp3) is 0.889. The van der Waals surface area contributed by atoms with Gasteiger partial charge in [-0.1, -0.05) is 6.92 Å². The van der Waals surface area contributed by atoms with Crippen LogP contribution < -0.4 is 0 Å². The summed E-state index contributed by atoms with van der Waals surface area (Å²) in [5.74, 6) is 3.98. The molecule has 2 saturated heterocycles. The van der Waals surface area contributed by atoms with Gasteiger partial charge in [-0.3, -0.25) is 4.90 Å². The Morgan fingerprint density at radius 3 is 2.61 bits per heavy atom. The minimum absolute atomic E-state index is 0.562. The molecule has 5 nitrogen and oxygen atoms in total. The summed E-state index contributed by atoms with van der Waals surface area (Å²) in [6.45, 7) is 9.47. The minimum atomic E-state index is 0.562. The Balaban J connectivity index is 1.26. The van der Waals surface area contributed by atoms with E-state index in [1.54, 1.807) is 0 Å². The van der Waals surface area contributed by atoms with E-state index in [2.05, 4.69) is 26.9 Å². The van der Waals surface area contributed by atoms with Gasteiger partial charge in [-0.25, -0.2) is 0 Å². The first-order valence-electron chi connectivity index (χ1n) is 9.53. The number of aromatic nitrogens is 2. The van der Waals surface area contributed by atoms with Crippen LogP contribution in [0.1, 0.15) is 63.1 Å². The molecule has 0 amide bonds. The lowest BCUT2D eigenvalue weighted by molar-refractivity contribution is 0.103. The molecule has 0 bridgehead atoms. The van der Waals surface area contributed by atoms with Gasteiger partial charge < -0.3 is 9.32 Å². The third-order valence-corrected chi connectivity index (χ3v) is 5.76. The maximum atomic E-state index is 5.83. The van der Waals surface area contributed by atoms with Crippen LogP contribution in [0.25, 0.3) is 0 Å². The zero-order valence-electron chi connectivity index (χ0n) is 14.4. The van der Waals surface area contributed by atoms with Crippen LogP contribution >= 0.6 is 0 Å². The van der Waals surface area contributed by atoms with Gasteiger partial charge in [0.05, 0.1) is 6.54 Å². The van der Waals surface area contributed by atoms with Crippen LogP contribution in [-0.4, -0.2) is 52.7 Å². The van der Waals surface area contributed by atoms with E-state index in [4.69, 9.17) is 4.42 Å². The number of hydrogen-bond acceptors (Lipinski definition) is 5. The number of nitrogens with zero attached hydrogens (tertiary/aromatic N) is 4. The van der Waals surface area contributed by atoms with Gasteiger partial charge in [0.2, 0.25) is 11.8 Å². The quantitative estimate of drug-likeness (QED) is 0.835. The molecule has 3 fully saturated rings. The van der Waals surface area contributed by atoms with Crippen LogP contribution in [0.15, 0.2) is 4.42 Å². The van der Waals surface area contributed by atoms with E-state index in [-0.39, 0.29) is 0 Å². The Hall–Kier alpha value is -0.940. The van der Waals surface area contributed by atoms with E-state index in [0.717, 1.165) is 30.2 Å². The highest BCUT2D eigenvalue weighted by atomic mass is 16.4. The van der Waals surface area contributed by atoms with E-state index >= 15 is 0 Å². The zero-order chi connectivity index (χ0) is 15.6. The van der Waals surface area contributed by atoms with Gasteiger partial charge >= 0.3 is 0 Å². The average molecular weight is 318 g/mol. The Bertz CT molecular complexity index is 505. The minimum Gasteiger partial charge on any atom is -0.424 e. The third-order valence-electron chi connectivity index (χ3n) is 5.76. The molecule has 1 saturated carbocycles. The summed E-state index contributed by atoms with van der Waals surface area (Å²) in [5.41, 5.74) is 0. The van der Waals surface area contributed by atoms with Gasteiger partial charge in [-0.2, -0.15) is 0 Å². The monoisotopic (exact) mass is 318 g/mol. The van der Waals surface area contributed by atoms with Crippen molar-refractivity contribution in [1.82, 2.24) is 20.0 Å². The highest BCUT2D eigenvalue weighted by molar-refractivity contribution is 5.00. The van der Waals surface area contributed by atoms with Gasteiger partial charge in [0.1, 0.15) is 0 Å². The first-order chi connectivity index (χ1) is 11.3. The second-order valence-electron chi connectivity index (χ2n) is 8.03. The highest BCUT2D eigenvalue weighted by Gasteiger charge is 2.30. The smallest absolute Gasteiger partial charge is 0.230 e. The van der Waals surface area contributed by atoms with E-state index < -0.39 is 0 Å². The van der Waals surface area contributed by atoms with Crippen molar-refractivity contribution in [2.75, 3.05) is 32.7 Å². The standard InChI is InChI=1S/C18H30N4O/c1-14-6-9-21(10-7-14)11-15-3-2-8-22(12-15)13-17-19-20-18(23-17)16-4-5-16/h14-16H,2-13H2,1H3. The van der Waals surface area contributed by atoms with Crippen LogP contribution in [0.3, 0.4) is 0 Å². The van der Waals surface area contributed by atoms with E-state index in [0.29, 0.717) is 5.92 Å². The topological polar surface area (TPSA) is 45.4 Å². The Morgan fingerprint density at radius 1 is 1.00 bits per heavy atom. The molecule has 3 heterocycles. The van der Waals surface area contributed by atoms with Gasteiger partial charge in [0, 0.05) is 19.0 Å². The lowest BCUT2D eigenvalue weighted by Gasteiger charge is -2.37. The molecule has 1 unspecified atom stereocenters. The molecule has 1 aromatic heterocycles. The lowest BCUT2D eigenvalue weighted by Crippen LogP contribution is -2.43. The molecule has 0 aromatic carbocycles. The number of likely N-dealkylation sites (tertiary alicyclic amines) is 2. The molecule has 23 heavy (non-hydrogen) atoms. The fourth-order valence-corrected chi connectivity index (χ4v) is 4.07. The number of hydrogen-bond donors (Lipinski definition) is 0. The molecular formula is C18H30N4O. The summed E-state index contributed by atoms with van der Waals surface area (Å²) in [6, 6.07) is 0. The molecule has 0 radical (unpaired) electrons. The summed E-state index contributed by atoms with van der Waals surface area (Å²) in [4.78, 5) is 5.21. The van der Waals surface area contributed by atoms with Crippen molar-refractivity contribution in [3.8, 4) is 0 Å². The lowest BCUT2D eigenvalue weighted by atomic mass is 9.94. The van der Waals surface area contributed by atoms with Crippen molar-refractivity contribution in [3.05, 3.63) is 11.8 Å². The van der Waals surface area contributed by atoms with Crippen molar-refractivity contribution in [3.63, 3.8) is 0 Å². The van der Waals surface area contributed by atoms with Crippen molar-refractivity contribution in [2.24, 2.45) is 11.8 Å². The predicted octanol–water partition coefficient (Wildman–Crippen LogP) is 2.89. The van der Waals surface area contributed by atoms with Crippen LogP contribution in [-0.2, 0) is 6.54 Å². The van der Waals surface area contributed by atoms with E-state index in [1.807, 2.05) is 0 Å². The fourth-order valence-electron chi connectivity index (χ4n) is 4.07. The van der Waals surface area contributed by atoms with Gasteiger partial charge in [0.15, 0.2) is 0 Å². The molecule has 1 atom stereocenters. The first-order valence-corrected chi connectivity index (χ1v) is 9.53. The normalized spacial score (nSPS) is 28.3. The van der Waals surface area contributed by atoms with E-state index in [9.17, 15) is 0 Å². The molecule has 1 aromatic rings. The van der Waals surface area contributed by atoms with Gasteiger partial charge in [-0.15, -0.1) is 10.2 Å². The van der Waals surface area contributed by atoms with Crippen molar-refractivity contribution in [2.45, 2.75) is 57.9 Å². The molecule has 5 heteroatoms. The van der Waals surface area contributed by atoms with Gasteiger partial charge in [-0.05, 0) is 70.0 Å². The SMILES string of the molecule is CC1CCN(CC2CCCN(Cc3nnc(C4CC4)o3)C2)CC1. The van der Waals surface area contributed by atoms with Gasteiger partial charge in [0.25, 0.3) is 0 Å². The van der Waals surface area contributed by atoms with Crippen LogP contribution in [0, 0.1) is 11.8 Å². The summed E-state index contributed by atoms with van der Waals surface area (Å²) in [6.07, 6.45) is 7.88. The molecule has 1 aliphatic carbocycles. The summed E-state index contributed by atoms with van der Waals surface area (Å²) < 4.78 is 5.83. The molecule has 0 spiro atoms. The Labute approximate surface area is 139 Å². The predicted molar refractivity (Wildman–Crippen MR) is 89.1 cm³/mol. The van der Waals surface area contributed by atoms with Crippen molar-refractivity contribution >= 4 is 0 Å². The van der Waals surface area contributed by atoms with Crippen LogP contribution in [0.4, 0.5) is 0 Å². The maximum Gasteiger partial charge on any atom is 0.230 e. The van der Waals surface area contributed by atoms with Crippen molar-refractivity contribution < 1.29 is 4.42 Å². The summed E-state index contributed by atoms with van der Waals surface area (Å²) >= 11 is 0. The van der Waals surface area contributed by atoms with Crippen LogP contribution in [0.2, 0.25) is 0 Å². The molecule has 3 aliphatic rings. The number of piperidine rings is 2. The molecule has 4 rings (SSSR count). The van der Waals surface area contributed by atoms with Crippen LogP contribution in [0.5, 0.6) is 0 Å². The number of rotatable bonds is 5. The second kappa shape index (κ2) is 6.89. The molecular weight excluding hydrogens is 288 g/mol. The highest BCUT2D eigenvalue weighted by Crippen LogP contribution is 2.39. The average Bonchev–Trinajstić information content (AvgIpc) is 3.30. The molecule has 0 N–H and O–H groups in total. The third kappa shape index (κ3) is 4.13. The van der Waals surface area contributed by atoms with E-state index in [1.165, 1.54) is 71.2 Å². The second-order valence-corrected chi connectivity index (χ2v) is 8.03. The zero-order valence-corrected chi connectivity index (χ0v) is 14.4. The summed E-state index contributed by atoms with van der Waals surface area (Å²) in [5, 5.41) is 8.46.